The summed E-state index contributed by atoms with van der Waals surface area (Å²) >= 11 is 0. The molecule has 2 unspecified atom stereocenters. The maximum atomic E-state index is 10.3. The Balaban J connectivity index is 0. The van der Waals surface area contributed by atoms with E-state index >= 15 is 0 Å². The zero-order chi connectivity index (χ0) is 9.02. The van der Waals surface area contributed by atoms with Crippen molar-refractivity contribution < 1.29 is 46.7 Å². The third kappa shape index (κ3) is 3.68. The standard InChI is InChI=1S/C5H8O6.Cu/c1-11-5(10)3(7)2(6)4(8)9;/h2-3,6-7H,1H3,(H,8,9);/q;+1/p-1. The number of rotatable bonds is 3. The van der Waals surface area contributed by atoms with Gasteiger partial charge in [0.2, 0.25) is 0 Å². The number of carbonyl (C=O) groups is 2. The number of aliphatic carboxylic acids is 1. The average molecular weight is 227 g/mol. The molecule has 6 nitrogen and oxygen atoms in total. The second kappa shape index (κ2) is 5.96. The Bertz CT molecular complexity index is 169. The first-order chi connectivity index (χ1) is 5.00. The first-order valence-corrected chi connectivity index (χ1v) is 2.65. The number of carboxylic acids is 1. The van der Waals surface area contributed by atoms with Crippen LogP contribution in [0.4, 0.5) is 0 Å². The molecule has 2 N–H and O–H groups in total. The van der Waals surface area contributed by atoms with Gasteiger partial charge in [-0.2, -0.15) is 0 Å². The van der Waals surface area contributed by atoms with E-state index in [1.165, 1.54) is 0 Å². The zero-order valence-electron chi connectivity index (χ0n) is 5.98. The minimum absolute atomic E-state index is 0. The van der Waals surface area contributed by atoms with Gasteiger partial charge in [-0.25, -0.2) is 4.79 Å². The van der Waals surface area contributed by atoms with Crippen LogP contribution in [0.25, 0.3) is 0 Å². The smallest absolute Gasteiger partial charge is 0.547 e. The van der Waals surface area contributed by atoms with Crippen LogP contribution in [0.15, 0.2) is 0 Å². The molecule has 12 heavy (non-hydrogen) atoms. The van der Waals surface area contributed by atoms with Gasteiger partial charge in [0.05, 0.1) is 13.1 Å². The number of methoxy groups -OCH3 is 1. The molecule has 0 aliphatic heterocycles. The molecule has 0 aromatic carbocycles. The molecule has 0 aromatic heterocycles. The SMILES string of the molecule is COC(=O)C(O)C(O)C(=O)[O-].[Cu+]. The first-order valence-electron chi connectivity index (χ1n) is 2.65. The predicted octanol–water partition coefficient (Wildman–Crippen LogP) is -3.37. The molecule has 0 radical (unpaired) electrons. The van der Waals surface area contributed by atoms with Crippen molar-refractivity contribution in [3.8, 4) is 0 Å². The van der Waals surface area contributed by atoms with Crippen molar-refractivity contribution >= 4 is 11.9 Å². The van der Waals surface area contributed by atoms with E-state index in [0.717, 1.165) is 7.11 Å². The molecule has 0 fully saturated rings. The summed E-state index contributed by atoms with van der Waals surface area (Å²) in [4.78, 5) is 20.2. The van der Waals surface area contributed by atoms with Gasteiger partial charge < -0.3 is 24.9 Å². The van der Waals surface area contributed by atoms with Crippen molar-refractivity contribution in [2.24, 2.45) is 0 Å². The van der Waals surface area contributed by atoms with Crippen molar-refractivity contribution in [1.29, 1.82) is 0 Å². The third-order valence-corrected chi connectivity index (χ3v) is 0.983. The van der Waals surface area contributed by atoms with E-state index in [0.29, 0.717) is 0 Å². The molecule has 2 atom stereocenters. The number of aliphatic hydroxyl groups excluding tert-OH is 2. The second-order valence-corrected chi connectivity index (χ2v) is 1.73. The summed E-state index contributed by atoms with van der Waals surface area (Å²) in [5.41, 5.74) is 0. The molecule has 0 bridgehead atoms. The van der Waals surface area contributed by atoms with Crippen molar-refractivity contribution in [3.63, 3.8) is 0 Å². The fourth-order valence-corrected chi connectivity index (χ4v) is 0.379. The predicted molar refractivity (Wildman–Crippen MR) is 29.0 cm³/mol. The van der Waals surface area contributed by atoms with E-state index in [2.05, 4.69) is 4.74 Å². The molecule has 0 aromatic rings. The third-order valence-electron chi connectivity index (χ3n) is 0.983. The molecule has 0 rings (SSSR count). The number of esters is 1. The molecule has 0 amide bonds. The van der Waals surface area contributed by atoms with Crippen LogP contribution >= 0.6 is 0 Å². The minimum Gasteiger partial charge on any atom is -0.547 e. The molecule has 0 aliphatic rings. The van der Waals surface area contributed by atoms with Gasteiger partial charge >= 0.3 is 23.0 Å². The molecule has 0 aliphatic carbocycles. The molecule has 0 spiro atoms. The van der Waals surface area contributed by atoms with Crippen molar-refractivity contribution in [2.45, 2.75) is 12.2 Å². The number of hydrogen-bond acceptors (Lipinski definition) is 6. The summed E-state index contributed by atoms with van der Waals surface area (Å²) in [5, 5.41) is 26.9. The summed E-state index contributed by atoms with van der Waals surface area (Å²) < 4.78 is 3.94. The van der Waals surface area contributed by atoms with E-state index < -0.39 is 24.1 Å². The number of carboxylic acid groups (broad SMARTS) is 1. The largest absolute Gasteiger partial charge is 1.00 e. The van der Waals surface area contributed by atoms with Crippen LogP contribution in [0, 0.1) is 0 Å². The van der Waals surface area contributed by atoms with Gasteiger partial charge in [0, 0.05) is 0 Å². The van der Waals surface area contributed by atoms with Gasteiger partial charge in [-0.05, 0) is 0 Å². The minimum atomic E-state index is -2.25. The van der Waals surface area contributed by atoms with Crippen LogP contribution in [0.2, 0.25) is 0 Å². The van der Waals surface area contributed by atoms with Gasteiger partial charge in [0.25, 0.3) is 0 Å². The fraction of sp³-hybridized carbons (Fsp3) is 0.600. The van der Waals surface area contributed by atoms with E-state index in [1.807, 2.05) is 0 Å². The van der Waals surface area contributed by atoms with Crippen LogP contribution in [-0.4, -0.2) is 41.5 Å². The fourth-order valence-electron chi connectivity index (χ4n) is 0.379. The normalized spacial score (nSPS) is 13.9. The van der Waals surface area contributed by atoms with Crippen LogP contribution in [-0.2, 0) is 31.4 Å². The Morgan fingerprint density at radius 3 is 2.00 bits per heavy atom. The van der Waals surface area contributed by atoms with Crippen LogP contribution < -0.4 is 5.11 Å². The Labute approximate surface area is 78.6 Å². The summed E-state index contributed by atoms with van der Waals surface area (Å²) in [6.45, 7) is 0. The molecule has 0 saturated heterocycles. The van der Waals surface area contributed by atoms with Gasteiger partial charge in [-0.15, -0.1) is 0 Å². The summed E-state index contributed by atoms with van der Waals surface area (Å²) in [6, 6.07) is 0. The number of aliphatic hydroxyl groups is 2. The van der Waals surface area contributed by atoms with E-state index in [4.69, 9.17) is 10.2 Å². The Kier molecular flexibility index (Phi) is 6.92. The van der Waals surface area contributed by atoms with Crippen LogP contribution in [0.1, 0.15) is 0 Å². The summed E-state index contributed by atoms with van der Waals surface area (Å²) in [6.07, 6.45) is -4.34. The summed E-state index contributed by atoms with van der Waals surface area (Å²) in [5.74, 6) is -3.15. The second-order valence-electron chi connectivity index (χ2n) is 1.73. The van der Waals surface area contributed by atoms with Gasteiger partial charge in [-0.3, -0.25) is 0 Å². The van der Waals surface area contributed by atoms with Crippen molar-refractivity contribution in [2.75, 3.05) is 7.11 Å². The van der Waals surface area contributed by atoms with E-state index in [1.54, 1.807) is 0 Å². The maximum Gasteiger partial charge on any atom is 1.00 e. The van der Waals surface area contributed by atoms with Crippen LogP contribution in [0.3, 0.4) is 0 Å². The van der Waals surface area contributed by atoms with Crippen LogP contribution in [0.5, 0.6) is 0 Å². The molecular weight excluding hydrogens is 220 g/mol. The molecule has 74 valence electrons. The van der Waals surface area contributed by atoms with E-state index in [9.17, 15) is 14.7 Å². The molecular formula is C5H7CuO6. The number of ether oxygens (including phenoxy) is 1. The Hall–Kier alpha value is -0.621. The van der Waals surface area contributed by atoms with Gasteiger partial charge in [0.1, 0.15) is 6.10 Å². The van der Waals surface area contributed by atoms with Crippen molar-refractivity contribution in [1.82, 2.24) is 0 Å². The Morgan fingerprint density at radius 2 is 1.75 bits per heavy atom. The number of carbonyl (C=O) groups excluding carboxylic acids is 2. The average Bonchev–Trinajstić information content (AvgIpc) is 2.00. The van der Waals surface area contributed by atoms with Gasteiger partial charge in [-0.1, -0.05) is 0 Å². The number of hydrogen-bond donors (Lipinski definition) is 2. The first kappa shape index (κ1) is 13.9. The quantitative estimate of drug-likeness (QED) is 0.384. The Morgan fingerprint density at radius 1 is 1.33 bits per heavy atom. The maximum absolute atomic E-state index is 10.3. The van der Waals surface area contributed by atoms with E-state index in [-0.39, 0.29) is 17.1 Å². The monoisotopic (exact) mass is 226 g/mol. The molecule has 7 heteroatoms. The summed E-state index contributed by atoms with van der Waals surface area (Å²) in [7, 11) is 0.952. The van der Waals surface area contributed by atoms with Crippen molar-refractivity contribution in [3.05, 3.63) is 0 Å². The topological polar surface area (TPSA) is 107 Å². The molecule has 0 saturated carbocycles. The zero-order valence-corrected chi connectivity index (χ0v) is 6.93. The van der Waals surface area contributed by atoms with Gasteiger partial charge in [0.15, 0.2) is 6.10 Å². The molecule has 0 heterocycles.